The van der Waals surface area contributed by atoms with Gasteiger partial charge in [0.15, 0.2) is 5.69 Å². The Balaban J connectivity index is 1.22. The first-order valence-corrected chi connectivity index (χ1v) is 9.79. The molecular formula is C22H24N4O3. The number of nitrogens with one attached hydrogen (secondary N) is 1. The van der Waals surface area contributed by atoms with E-state index in [0.29, 0.717) is 24.4 Å². The number of carbonyl (C=O) groups excluding carboxylic acids is 1. The Morgan fingerprint density at radius 3 is 2.62 bits per heavy atom. The van der Waals surface area contributed by atoms with Crippen LogP contribution in [0.1, 0.15) is 5.56 Å². The van der Waals surface area contributed by atoms with E-state index < -0.39 is 6.10 Å². The summed E-state index contributed by atoms with van der Waals surface area (Å²) < 4.78 is 5.73. The number of piperazine rings is 1. The van der Waals surface area contributed by atoms with Crippen LogP contribution in [0.4, 0.5) is 17.1 Å². The van der Waals surface area contributed by atoms with Crippen LogP contribution in [0, 0.1) is 6.57 Å². The second kappa shape index (κ2) is 8.52. The minimum atomic E-state index is -0.576. The summed E-state index contributed by atoms with van der Waals surface area (Å²) >= 11 is 0. The number of anilines is 2. The number of fused-ring (bicyclic) bond motifs is 1. The zero-order chi connectivity index (χ0) is 20.2. The van der Waals surface area contributed by atoms with Crippen molar-refractivity contribution in [1.82, 2.24) is 4.90 Å². The van der Waals surface area contributed by atoms with Crippen LogP contribution in [0.5, 0.6) is 5.75 Å². The number of benzene rings is 2. The van der Waals surface area contributed by atoms with E-state index in [4.69, 9.17) is 11.3 Å². The minimum absolute atomic E-state index is 0.00124. The Hall–Kier alpha value is -3.08. The van der Waals surface area contributed by atoms with Gasteiger partial charge in [0.25, 0.3) is 0 Å². The van der Waals surface area contributed by atoms with Crippen molar-refractivity contribution < 1.29 is 14.6 Å². The van der Waals surface area contributed by atoms with Crippen molar-refractivity contribution >= 4 is 23.0 Å². The number of hydrogen-bond acceptors (Lipinski definition) is 5. The smallest absolute Gasteiger partial charge is 0.228 e. The largest absolute Gasteiger partial charge is 0.491 e. The molecule has 1 fully saturated rings. The van der Waals surface area contributed by atoms with E-state index in [2.05, 4.69) is 20.0 Å². The molecule has 0 bridgehead atoms. The summed E-state index contributed by atoms with van der Waals surface area (Å²) in [6.45, 7) is 11.3. The lowest BCUT2D eigenvalue weighted by Crippen LogP contribution is -2.49. The topological polar surface area (TPSA) is 69.4 Å². The van der Waals surface area contributed by atoms with Gasteiger partial charge in [-0.05, 0) is 35.9 Å². The fraction of sp³-hybridized carbons (Fsp3) is 0.364. The highest BCUT2D eigenvalue weighted by atomic mass is 16.5. The number of β-amino-alcohol motifs (C(OH)–C–C–N with tert-alkyl or cyclic N) is 1. The number of ether oxygens (including phenoxy) is 1. The molecule has 29 heavy (non-hydrogen) atoms. The summed E-state index contributed by atoms with van der Waals surface area (Å²) in [6.07, 6.45) is -0.201. The first kappa shape index (κ1) is 19.2. The van der Waals surface area contributed by atoms with Gasteiger partial charge in [-0.15, -0.1) is 0 Å². The standard InChI is InChI=1S/C22H24N4O3/c1-23-17-2-4-18(5-3-17)26-10-8-25(9-11-26)14-19(27)15-29-20-6-7-21-16(12-20)13-22(28)24-21/h2-7,12,19,27H,8-11,13-15H2,(H,24,28)/t19-/m0/s1. The Kier molecular flexibility index (Phi) is 5.65. The molecule has 2 N–H and O–H groups in total. The van der Waals surface area contributed by atoms with Gasteiger partial charge in [0, 0.05) is 44.1 Å². The molecule has 1 amide bonds. The van der Waals surface area contributed by atoms with Crippen LogP contribution in [0.3, 0.4) is 0 Å². The van der Waals surface area contributed by atoms with E-state index >= 15 is 0 Å². The van der Waals surface area contributed by atoms with Crippen molar-refractivity contribution in [2.45, 2.75) is 12.5 Å². The minimum Gasteiger partial charge on any atom is -0.491 e. The van der Waals surface area contributed by atoms with E-state index in [-0.39, 0.29) is 12.5 Å². The summed E-state index contributed by atoms with van der Waals surface area (Å²) in [5.41, 5.74) is 3.55. The zero-order valence-electron chi connectivity index (χ0n) is 16.2. The third-order valence-corrected chi connectivity index (χ3v) is 5.33. The molecule has 2 aliphatic rings. The van der Waals surface area contributed by atoms with Gasteiger partial charge < -0.3 is 20.1 Å². The fourth-order valence-corrected chi connectivity index (χ4v) is 3.77. The Morgan fingerprint density at radius 2 is 1.90 bits per heavy atom. The predicted octanol–water partition coefficient (Wildman–Crippen LogP) is 2.29. The molecule has 0 aliphatic carbocycles. The Bertz CT molecular complexity index is 915. The lowest BCUT2D eigenvalue weighted by molar-refractivity contribution is -0.115. The fourth-order valence-electron chi connectivity index (χ4n) is 3.77. The maximum atomic E-state index is 11.4. The summed E-state index contributed by atoms with van der Waals surface area (Å²) in [6, 6.07) is 13.2. The quantitative estimate of drug-likeness (QED) is 0.739. The number of nitrogens with zero attached hydrogens (tertiary/aromatic N) is 3. The van der Waals surface area contributed by atoms with Gasteiger partial charge in [0.1, 0.15) is 18.5 Å². The molecule has 2 aromatic rings. The Labute approximate surface area is 170 Å². The molecule has 4 rings (SSSR count). The maximum Gasteiger partial charge on any atom is 0.228 e. The molecule has 2 aromatic carbocycles. The van der Waals surface area contributed by atoms with Crippen molar-refractivity contribution in [3.63, 3.8) is 0 Å². The van der Waals surface area contributed by atoms with E-state index in [0.717, 1.165) is 43.1 Å². The molecule has 150 valence electrons. The van der Waals surface area contributed by atoms with Crippen LogP contribution in [0.15, 0.2) is 42.5 Å². The maximum absolute atomic E-state index is 11.4. The van der Waals surface area contributed by atoms with Crippen molar-refractivity contribution in [2.24, 2.45) is 0 Å². The van der Waals surface area contributed by atoms with Gasteiger partial charge in [0.05, 0.1) is 13.0 Å². The second-order valence-electron chi connectivity index (χ2n) is 7.42. The van der Waals surface area contributed by atoms with Crippen molar-refractivity contribution in [1.29, 1.82) is 0 Å². The molecule has 1 atom stereocenters. The lowest BCUT2D eigenvalue weighted by Gasteiger charge is -2.36. The number of rotatable bonds is 6. The SMILES string of the molecule is [C-]#[N+]c1ccc(N2CCN(C[C@H](O)COc3ccc4c(c3)CC(=O)N4)CC2)cc1. The van der Waals surface area contributed by atoms with E-state index in [1.165, 1.54) is 0 Å². The molecule has 0 saturated carbocycles. The summed E-state index contributed by atoms with van der Waals surface area (Å²) in [4.78, 5) is 19.4. The highest BCUT2D eigenvalue weighted by molar-refractivity contribution is 5.99. The highest BCUT2D eigenvalue weighted by Crippen LogP contribution is 2.27. The molecule has 1 saturated heterocycles. The van der Waals surface area contributed by atoms with Gasteiger partial charge in [-0.3, -0.25) is 9.69 Å². The molecule has 7 nitrogen and oxygen atoms in total. The molecule has 2 aliphatic heterocycles. The monoisotopic (exact) mass is 392 g/mol. The third kappa shape index (κ3) is 4.67. The Morgan fingerprint density at radius 1 is 1.14 bits per heavy atom. The third-order valence-electron chi connectivity index (χ3n) is 5.33. The average Bonchev–Trinajstić information content (AvgIpc) is 3.12. The number of carbonyl (C=O) groups is 1. The summed E-state index contributed by atoms with van der Waals surface area (Å²) in [7, 11) is 0. The van der Waals surface area contributed by atoms with Crippen LogP contribution in [-0.2, 0) is 11.2 Å². The summed E-state index contributed by atoms with van der Waals surface area (Å²) in [5.74, 6) is 0.672. The zero-order valence-corrected chi connectivity index (χ0v) is 16.2. The molecule has 2 heterocycles. The normalized spacial score (nSPS) is 17.4. The molecule has 0 spiro atoms. The van der Waals surface area contributed by atoms with E-state index in [9.17, 15) is 9.90 Å². The van der Waals surface area contributed by atoms with Gasteiger partial charge in [-0.25, -0.2) is 4.85 Å². The molecule has 7 heteroatoms. The van der Waals surface area contributed by atoms with Crippen LogP contribution in [-0.4, -0.2) is 61.3 Å². The van der Waals surface area contributed by atoms with E-state index in [1.54, 1.807) is 0 Å². The van der Waals surface area contributed by atoms with Crippen LogP contribution in [0.2, 0.25) is 0 Å². The first-order chi connectivity index (χ1) is 14.1. The van der Waals surface area contributed by atoms with Crippen LogP contribution in [0.25, 0.3) is 4.85 Å². The second-order valence-corrected chi connectivity index (χ2v) is 7.42. The number of aliphatic hydroxyl groups excluding tert-OH is 1. The number of amides is 1. The highest BCUT2D eigenvalue weighted by Gasteiger charge is 2.21. The van der Waals surface area contributed by atoms with Gasteiger partial charge in [-0.2, -0.15) is 0 Å². The molecule has 0 unspecified atom stereocenters. The van der Waals surface area contributed by atoms with Crippen molar-refractivity contribution in [2.75, 3.05) is 49.5 Å². The predicted molar refractivity (Wildman–Crippen MR) is 112 cm³/mol. The van der Waals surface area contributed by atoms with E-state index in [1.807, 2.05) is 42.5 Å². The summed E-state index contributed by atoms with van der Waals surface area (Å²) in [5, 5.41) is 13.2. The molecule has 0 radical (unpaired) electrons. The molecular weight excluding hydrogens is 368 g/mol. The van der Waals surface area contributed by atoms with Gasteiger partial charge >= 0.3 is 0 Å². The van der Waals surface area contributed by atoms with Gasteiger partial charge in [-0.1, -0.05) is 12.1 Å². The number of hydrogen-bond donors (Lipinski definition) is 2. The number of aliphatic hydroxyl groups is 1. The lowest BCUT2D eigenvalue weighted by atomic mass is 10.1. The van der Waals surface area contributed by atoms with Crippen molar-refractivity contribution in [3.8, 4) is 5.75 Å². The molecule has 0 aromatic heterocycles. The first-order valence-electron chi connectivity index (χ1n) is 9.79. The van der Waals surface area contributed by atoms with Gasteiger partial charge in [0.2, 0.25) is 5.91 Å². The van der Waals surface area contributed by atoms with Crippen molar-refractivity contribution in [3.05, 3.63) is 59.4 Å². The van der Waals surface area contributed by atoms with Crippen LogP contribution >= 0.6 is 0 Å². The van der Waals surface area contributed by atoms with Crippen LogP contribution < -0.4 is 15.0 Å². The average molecular weight is 392 g/mol.